The monoisotopic (exact) mass is 405 g/mol. The van der Waals surface area contributed by atoms with Gasteiger partial charge in [0.2, 0.25) is 5.95 Å². The minimum atomic E-state index is -0.498. The van der Waals surface area contributed by atoms with Crippen molar-refractivity contribution < 1.29 is 9.13 Å². The second kappa shape index (κ2) is 7.51. The number of hydrogen-bond donors (Lipinski definition) is 3. The predicted molar refractivity (Wildman–Crippen MR) is 114 cm³/mol. The number of anilines is 4. The van der Waals surface area contributed by atoms with Gasteiger partial charge in [-0.25, -0.2) is 9.37 Å². The molecule has 8 nitrogen and oxygen atoms in total. The number of hydrogen-bond acceptors (Lipinski definition) is 7. The highest BCUT2D eigenvalue weighted by Gasteiger charge is 2.16. The molecule has 3 aromatic heterocycles. The van der Waals surface area contributed by atoms with Crippen LogP contribution < -0.4 is 20.7 Å². The largest absolute Gasteiger partial charge is 0.453 e. The molecule has 1 fully saturated rings. The van der Waals surface area contributed by atoms with Gasteiger partial charge < -0.3 is 25.7 Å². The van der Waals surface area contributed by atoms with Crippen molar-refractivity contribution in [3.05, 3.63) is 54.6 Å². The number of rotatable bonds is 5. The van der Waals surface area contributed by atoms with Crippen LogP contribution in [0.25, 0.3) is 11.0 Å². The Morgan fingerprint density at radius 2 is 1.93 bits per heavy atom. The zero-order valence-electron chi connectivity index (χ0n) is 16.1. The average molecular weight is 405 g/mol. The first-order valence-corrected chi connectivity index (χ1v) is 9.72. The Hall–Kier alpha value is -3.88. The third-order valence-corrected chi connectivity index (χ3v) is 5.00. The summed E-state index contributed by atoms with van der Waals surface area (Å²) in [4.78, 5) is 17.9. The normalized spacial score (nSPS) is 13.7. The molecule has 152 valence electrons. The number of nitrogens with zero attached hydrogens (tertiary/aromatic N) is 4. The smallest absolute Gasteiger partial charge is 0.223 e. The molecule has 0 bridgehead atoms. The van der Waals surface area contributed by atoms with Gasteiger partial charge in [-0.2, -0.15) is 9.97 Å². The van der Waals surface area contributed by atoms with E-state index in [1.165, 1.54) is 6.07 Å². The molecule has 4 N–H and O–H groups in total. The summed E-state index contributed by atoms with van der Waals surface area (Å²) in [6.07, 6.45) is 5.63. The summed E-state index contributed by atoms with van der Waals surface area (Å²) >= 11 is 0. The van der Waals surface area contributed by atoms with Crippen molar-refractivity contribution in [3.63, 3.8) is 0 Å². The number of pyridine rings is 1. The van der Waals surface area contributed by atoms with Crippen LogP contribution in [0.1, 0.15) is 12.8 Å². The van der Waals surface area contributed by atoms with Gasteiger partial charge in [-0.1, -0.05) is 0 Å². The van der Waals surface area contributed by atoms with E-state index in [1.807, 2.05) is 12.1 Å². The van der Waals surface area contributed by atoms with Crippen LogP contribution >= 0.6 is 0 Å². The summed E-state index contributed by atoms with van der Waals surface area (Å²) in [6, 6.07) is 10.0. The minimum absolute atomic E-state index is 0.120. The molecule has 0 atom stereocenters. The van der Waals surface area contributed by atoms with Crippen LogP contribution in [-0.2, 0) is 0 Å². The molecule has 1 aliphatic heterocycles. The van der Waals surface area contributed by atoms with E-state index in [-0.39, 0.29) is 11.7 Å². The van der Waals surface area contributed by atoms with E-state index in [0.717, 1.165) is 37.1 Å². The maximum Gasteiger partial charge on any atom is 0.223 e. The molecule has 5 rings (SSSR count). The highest BCUT2D eigenvalue weighted by molar-refractivity contribution is 5.82. The summed E-state index contributed by atoms with van der Waals surface area (Å²) in [5, 5.41) is 3.88. The number of nitrogens with one attached hydrogen (secondary N) is 2. The standard InChI is InChI=1S/C21H20FN7O/c22-15-11-13(26-18-12-19(28-21(23)27-18)29-9-1-2-10-29)3-4-17(15)30-16-6-8-25-20-14(16)5-7-24-20/h3-8,11-12H,1-2,9-10H2,(H,24,25)(H3,23,26,27,28). The molecule has 0 aliphatic carbocycles. The summed E-state index contributed by atoms with van der Waals surface area (Å²) in [5.41, 5.74) is 7.08. The average Bonchev–Trinajstić information content (AvgIpc) is 3.42. The second-order valence-corrected chi connectivity index (χ2v) is 7.09. The lowest BCUT2D eigenvalue weighted by molar-refractivity contribution is 0.446. The number of aromatic amines is 1. The van der Waals surface area contributed by atoms with Gasteiger partial charge in [-0.15, -0.1) is 0 Å². The van der Waals surface area contributed by atoms with Crippen molar-refractivity contribution in [3.8, 4) is 11.5 Å². The lowest BCUT2D eigenvalue weighted by Crippen LogP contribution is -2.20. The van der Waals surface area contributed by atoms with E-state index in [4.69, 9.17) is 10.5 Å². The Labute approximate surface area is 171 Å². The number of fused-ring (bicyclic) bond motifs is 1. The maximum atomic E-state index is 14.7. The van der Waals surface area contributed by atoms with Crippen molar-refractivity contribution in [1.29, 1.82) is 0 Å². The first-order chi connectivity index (χ1) is 14.7. The van der Waals surface area contributed by atoms with Gasteiger partial charge in [0.25, 0.3) is 0 Å². The summed E-state index contributed by atoms with van der Waals surface area (Å²) in [6.45, 7) is 1.89. The van der Waals surface area contributed by atoms with Gasteiger partial charge in [0, 0.05) is 43.3 Å². The molecule has 9 heteroatoms. The molecule has 30 heavy (non-hydrogen) atoms. The molecular formula is C21H20FN7O. The number of ether oxygens (including phenoxy) is 1. The van der Waals surface area contributed by atoms with E-state index in [0.29, 0.717) is 22.9 Å². The fraction of sp³-hybridized carbons (Fsp3) is 0.190. The first kappa shape index (κ1) is 18.2. The van der Waals surface area contributed by atoms with Gasteiger partial charge in [-0.05, 0) is 37.1 Å². The Morgan fingerprint density at radius 3 is 2.77 bits per heavy atom. The highest BCUT2D eigenvalue weighted by atomic mass is 19.1. The quantitative estimate of drug-likeness (QED) is 0.457. The fourth-order valence-corrected chi connectivity index (χ4v) is 3.58. The summed E-state index contributed by atoms with van der Waals surface area (Å²) < 4.78 is 20.5. The molecule has 4 heterocycles. The molecule has 0 radical (unpaired) electrons. The molecule has 1 aromatic carbocycles. The number of halogens is 1. The van der Waals surface area contributed by atoms with E-state index < -0.39 is 5.82 Å². The van der Waals surface area contributed by atoms with Crippen molar-refractivity contribution in [2.45, 2.75) is 12.8 Å². The van der Waals surface area contributed by atoms with Crippen molar-refractivity contribution in [2.24, 2.45) is 0 Å². The van der Waals surface area contributed by atoms with Crippen LogP contribution in [0.2, 0.25) is 0 Å². The van der Waals surface area contributed by atoms with Crippen LogP contribution in [-0.4, -0.2) is 33.0 Å². The lowest BCUT2D eigenvalue weighted by Gasteiger charge is -2.17. The third-order valence-electron chi connectivity index (χ3n) is 5.00. The number of nitrogen functional groups attached to an aromatic ring is 1. The summed E-state index contributed by atoms with van der Waals surface area (Å²) in [5.74, 6) is 1.61. The molecule has 0 spiro atoms. The zero-order chi connectivity index (χ0) is 20.5. The Balaban J connectivity index is 1.37. The molecular weight excluding hydrogens is 385 g/mol. The third kappa shape index (κ3) is 3.57. The second-order valence-electron chi connectivity index (χ2n) is 7.09. The van der Waals surface area contributed by atoms with Crippen LogP contribution in [0.4, 0.5) is 27.7 Å². The molecule has 0 saturated carbocycles. The molecule has 0 unspecified atom stereocenters. The lowest BCUT2D eigenvalue weighted by atomic mass is 10.2. The van der Waals surface area contributed by atoms with Crippen LogP contribution in [0.15, 0.2) is 48.8 Å². The van der Waals surface area contributed by atoms with Crippen molar-refractivity contribution in [1.82, 2.24) is 19.9 Å². The Kier molecular flexibility index (Phi) is 4.55. The van der Waals surface area contributed by atoms with E-state index in [9.17, 15) is 4.39 Å². The van der Waals surface area contributed by atoms with Gasteiger partial charge in [0.05, 0.1) is 5.39 Å². The highest BCUT2D eigenvalue weighted by Crippen LogP contribution is 2.32. The number of nitrogens with two attached hydrogens (primary N) is 1. The molecule has 1 saturated heterocycles. The predicted octanol–water partition coefficient (Wildman–Crippen LogP) is 4.21. The summed E-state index contributed by atoms with van der Waals surface area (Å²) in [7, 11) is 0. The number of H-pyrrole nitrogens is 1. The van der Waals surface area contributed by atoms with Gasteiger partial charge in [0.1, 0.15) is 23.0 Å². The van der Waals surface area contributed by atoms with Crippen LogP contribution in [0.5, 0.6) is 11.5 Å². The van der Waals surface area contributed by atoms with E-state index in [1.54, 1.807) is 30.6 Å². The van der Waals surface area contributed by atoms with Gasteiger partial charge >= 0.3 is 0 Å². The molecule has 0 amide bonds. The van der Waals surface area contributed by atoms with Gasteiger partial charge in [-0.3, -0.25) is 0 Å². The SMILES string of the molecule is Nc1nc(Nc2ccc(Oc3ccnc4[nH]ccc34)c(F)c2)cc(N2CCCC2)n1. The first-order valence-electron chi connectivity index (χ1n) is 9.72. The maximum absolute atomic E-state index is 14.7. The minimum Gasteiger partial charge on any atom is -0.453 e. The van der Waals surface area contributed by atoms with Crippen LogP contribution in [0, 0.1) is 5.82 Å². The van der Waals surface area contributed by atoms with Gasteiger partial charge in [0.15, 0.2) is 11.6 Å². The van der Waals surface area contributed by atoms with E-state index in [2.05, 4.69) is 30.2 Å². The number of aromatic nitrogens is 4. The van der Waals surface area contributed by atoms with Crippen molar-refractivity contribution in [2.75, 3.05) is 29.0 Å². The Bertz CT molecular complexity index is 1200. The fourth-order valence-electron chi connectivity index (χ4n) is 3.58. The molecule has 4 aromatic rings. The van der Waals surface area contributed by atoms with Crippen LogP contribution in [0.3, 0.4) is 0 Å². The Morgan fingerprint density at radius 1 is 1.07 bits per heavy atom. The topological polar surface area (TPSA) is 105 Å². The van der Waals surface area contributed by atoms with E-state index >= 15 is 0 Å². The van der Waals surface area contributed by atoms with Crippen molar-refractivity contribution >= 4 is 34.3 Å². The molecule has 1 aliphatic rings. The zero-order valence-corrected chi connectivity index (χ0v) is 16.1. The number of benzene rings is 1.